The van der Waals surface area contributed by atoms with Crippen LogP contribution in [0.2, 0.25) is 5.02 Å². The van der Waals surface area contributed by atoms with Gasteiger partial charge in [0.05, 0.1) is 11.6 Å². The molecule has 0 amide bonds. The zero-order valence-corrected chi connectivity index (χ0v) is 13.5. The summed E-state index contributed by atoms with van der Waals surface area (Å²) in [6, 6.07) is 2.89. The van der Waals surface area contributed by atoms with E-state index in [0.29, 0.717) is 22.3 Å². The Kier molecular flexibility index (Phi) is 6.55. The second-order valence-electron chi connectivity index (χ2n) is 3.75. The van der Waals surface area contributed by atoms with Crippen LogP contribution in [0.4, 0.5) is 0 Å². The lowest BCUT2D eigenvalue weighted by Crippen LogP contribution is -2.25. The number of rotatable bonds is 7. The summed E-state index contributed by atoms with van der Waals surface area (Å²) in [7, 11) is -2.31. The van der Waals surface area contributed by atoms with E-state index < -0.39 is 10.0 Å². The van der Waals surface area contributed by atoms with Gasteiger partial charge < -0.3 is 9.84 Å². The zero-order chi connectivity index (χ0) is 14.5. The molecule has 108 valence electrons. The lowest BCUT2D eigenvalue weighted by molar-refractivity contribution is 0.285. The maximum Gasteiger partial charge on any atom is 0.244 e. The summed E-state index contributed by atoms with van der Waals surface area (Å²) in [5, 5.41) is 8.94. The molecule has 5 nitrogen and oxygen atoms in total. The third-order valence-corrected chi connectivity index (χ3v) is 4.62. The molecule has 0 saturated carbocycles. The molecule has 0 aliphatic heterocycles. The molecule has 0 atom stereocenters. The van der Waals surface area contributed by atoms with Crippen LogP contribution in [0.15, 0.2) is 21.5 Å². The lowest BCUT2D eigenvalue weighted by Gasteiger charge is -2.12. The van der Waals surface area contributed by atoms with Gasteiger partial charge in [-0.2, -0.15) is 0 Å². The van der Waals surface area contributed by atoms with Crippen LogP contribution in [0.3, 0.4) is 0 Å². The Balaban J connectivity index is 3.00. The van der Waals surface area contributed by atoms with Gasteiger partial charge in [0, 0.05) is 18.2 Å². The Morgan fingerprint density at radius 2 is 2.11 bits per heavy atom. The molecule has 8 heteroatoms. The molecule has 0 unspecified atom stereocenters. The molecule has 0 aromatic heterocycles. The highest BCUT2D eigenvalue weighted by molar-refractivity contribution is 9.10. The van der Waals surface area contributed by atoms with E-state index in [-0.39, 0.29) is 23.8 Å². The van der Waals surface area contributed by atoms with Crippen molar-refractivity contribution in [2.45, 2.75) is 17.7 Å². The van der Waals surface area contributed by atoms with Crippen molar-refractivity contribution in [2.24, 2.45) is 0 Å². The van der Waals surface area contributed by atoms with Crippen molar-refractivity contribution in [3.63, 3.8) is 0 Å². The van der Waals surface area contributed by atoms with E-state index in [4.69, 9.17) is 21.4 Å². The van der Waals surface area contributed by atoms with E-state index in [1.54, 1.807) is 6.07 Å². The summed E-state index contributed by atoms with van der Waals surface area (Å²) in [5.41, 5.74) is 0. The number of hydrogen-bond donors (Lipinski definition) is 2. The van der Waals surface area contributed by atoms with E-state index in [9.17, 15) is 8.42 Å². The summed E-state index contributed by atoms with van der Waals surface area (Å²) >= 11 is 9.07. The van der Waals surface area contributed by atoms with E-state index >= 15 is 0 Å². The monoisotopic (exact) mass is 371 g/mol. The van der Waals surface area contributed by atoms with E-state index in [1.165, 1.54) is 13.2 Å². The van der Waals surface area contributed by atoms with Gasteiger partial charge in [-0.05, 0) is 40.9 Å². The Morgan fingerprint density at radius 3 is 2.68 bits per heavy atom. The summed E-state index contributed by atoms with van der Waals surface area (Å²) in [4.78, 5) is -0.0154. The number of nitrogens with one attached hydrogen (secondary N) is 1. The number of aliphatic hydroxyl groups is 1. The van der Waals surface area contributed by atoms with Crippen molar-refractivity contribution >= 4 is 37.6 Å². The van der Waals surface area contributed by atoms with Gasteiger partial charge in [0.2, 0.25) is 10.0 Å². The van der Waals surface area contributed by atoms with Gasteiger partial charge >= 0.3 is 0 Å². The fraction of sp³-hybridized carbons (Fsp3) is 0.455. The molecule has 0 radical (unpaired) electrons. The van der Waals surface area contributed by atoms with Crippen LogP contribution < -0.4 is 9.46 Å². The van der Waals surface area contributed by atoms with Crippen LogP contribution in [0.5, 0.6) is 5.75 Å². The van der Waals surface area contributed by atoms with Gasteiger partial charge in [-0.25, -0.2) is 13.1 Å². The first kappa shape index (κ1) is 16.7. The standard InChI is InChI=1S/C11H15BrClNO4S/c1-18-11-9(12)6-8(13)7-10(11)19(16,17)14-4-2-3-5-15/h6-7,14-15H,2-5H2,1H3. The third kappa shape index (κ3) is 4.61. The average Bonchev–Trinajstić information content (AvgIpc) is 2.34. The van der Waals surface area contributed by atoms with Crippen LogP contribution in [0.25, 0.3) is 0 Å². The van der Waals surface area contributed by atoms with Crippen LogP contribution in [0, 0.1) is 0 Å². The van der Waals surface area contributed by atoms with Crippen LogP contribution >= 0.6 is 27.5 Å². The molecule has 0 aliphatic carbocycles. The molecule has 0 saturated heterocycles. The van der Waals surface area contributed by atoms with Crippen LogP contribution in [0.1, 0.15) is 12.8 Å². The van der Waals surface area contributed by atoms with Gasteiger partial charge in [0.1, 0.15) is 4.90 Å². The van der Waals surface area contributed by atoms with Crippen molar-refractivity contribution < 1.29 is 18.3 Å². The smallest absolute Gasteiger partial charge is 0.244 e. The zero-order valence-electron chi connectivity index (χ0n) is 10.3. The highest BCUT2D eigenvalue weighted by Crippen LogP contribution is 2.35. The third-order valence-electron chi connectivity index (χ3n) is 2.34. The molecule has 2 N–H and O–H groups in total. The second-order valence-corrected chi connectivity index (χ2v) is 6.77. The van der Waals surface area contributed by atoms with Crippen molar-refractivity contribution in [1.29, 1.82) is 0 Å². The van der Waals surface area contributed by atoms with Crippen molar-refractivity contribution in [2.75, 3.05) is 20.3 Å². The van der Waals surface area contributed by atoms with E-state index in [2.05, 4.69) is 20.7 Å². The molecule has 0 spiro atoms. The molecular weight excluding hydrogens is 358 g/mol. The molecular formula is C11H15BrClNO4S. The first-order valence-corrected chi connectivity index (χ1v) is 8.21. The van der Waals surface area contributed by atoms with Gasteiger partial charge in [0.25, 0.3) is 0 Å². The minimum atomic E-state index is -3.70. The minimum Gasteiger partial charge on any atom is -0.494 e. The van der Waals surface area contributed by atoms with Gasteiger partial charge in [-0.15, -0.1) is 0 Å². The van der Waals surface area contributed by atoms with Crippen molar-refractivity contribution in [3.8, 4) is 5.75 Å². The molecule has 0 fully saturated rings. The molecule has 1 rings (SSSR count). The Bertz CT molecular complexity index is 536. The SMILES string of the molecule is COc1c(Br)cc(Cl)cc1S(=O)(=O)NCCCCO. The molecule has 0 aliphatic rings. The molecule has 19 heavy (non-hydrogen) atoms. The molecule has 1 aromatic rings. The average molecular weight is 373 g/mol. The first-order chi connectivity index (χ1) is 8.92. The predicted octanol–water partition coefficient (Wildman–Crippen LogP) is 2.16. The Labute approximate surface area is 126 Å². The molecule has 1 aromatic carbocycles. The maximum atomic E-state index is 12.1. The Hall–Kier alpha value is -0.340. The number of benzene rings is 1. The van der Waals surface area contributed by atoms with Gasteiger partial charge in [-0.3, -0.25) is 0 Å². The first-order valence-electron chi connectivity index (χ1n) is 5.56. The summed E-state index contributed by atoms with van der Waals surface area (Å²) in [6.45, 7) is 0.282. The van der Waals surface area contributed by atoms with Gasteiger partial charge in [-0.1, -0.05) is 11.6 Å². The predicted molar refractivity (Wildman–Crippen MR) is 77.2 cm³/mol. The van der Waals surface area contributed by atoms with Crippen LogP contribution in [-0.4, -0.2) is 33.8 Å². The van der Waals surface area contributed by atoms with Crippen molar-refractivity contribution in [1.82, 2.24) is 4.72 Å². The molecule has 0 heterocycles. The highest BCUT2D eigenvalue weighted by Gasteiger charge is 2.21. The number of ether oxygens (including phenoxy) is 1. The van der Waals surface area contributed by atoms with Crippen LogP contribution in [-0.2, 0) is 10.0 Å². The normalized spacial score (nSPS) is 11.6. The highest BCUT2D eigenvalue weighted by atomic mass is 79.9. The number of hydrogen-bond acceptors (Lipinski definition) is 4. The summed E-state index contributed by atoms with van der Waals surface area (Å²) in [5.74, 6) is 0.207. The second kappa shape index (κ2) is 7.44. The van der Waals surface area contributed by atoms with Gasteiger partial charge in [0.15, 0.2) is 5.75 Å². The number of unbranched alkanes of at least 4 members (excludes halogenated alkanes) is 1. The van der Waals surface area contributed by atoms with Crippen molar-refractivity contribution in [3.05, 3.63) is 21.6 Å². The topological polar surface area (TPSA) is 75.6 Å². The largest absolute Gasteiger partial charge is 0.494 e. The number of halogens is 2. The fourth-order valence-corrected chi connectivity index (χ4v) is 3.91. The maximum absolute atomic E-state index is 12.1. The Morgan fingerprint density at radius 1 is 1.42 bits per heavy atom. The quantitative estimate of drug-likeness (QED) is 0.719. The van der Waals surface area contributed by atoms with E-state index in [0.717, 1.165) is 0 Å². The van der Waals surface area contributed by atoms with E-state index in [1.807, 2.05) is 0 Å². The molecule has 0 bridgehead atoms. The summed E-state index contributed by atoms with van der Waals surface area (Å²) < 4.78 is 32.3. The summed E-state index contributed by atoms with van der Waals surface area (Å²) in [6.07, 6.45) is 1.10. The lowest BCUT2D eigenvalue weighted by atomic mass is 10.3. The minimum absolute atomic E-state index is 0.0154. The fourth-order valence-electron chi connectivity index (χ4n) is 1.46. The number of methoxy groups -OCH3 is 1. The number of aliphatic hydroxyl groups excluding tert-OH is 1. The number of sulfonamides is 1.